The summed E-state index contributed by atoms with van der Waals surface area (Å²) in [6.07, 6.45) is 0. The van der Waals surface area contributed by atoms with Crippen LogP contribution in [0.1, 0.15) is 21.5 Å². The zero-order chi connectivity index (χ0) is 21.3. The van der Waals surface area contributed by atoms with E-state index in [-0.39, 0.29) is 12.2 Å². The molecule has 0 heterocycles. The molecule has 3 aromatic carbocycles. The second kappa shape index (κ2) is 9.75. The molecule has 2 N–H and O–H groups in total. The number of nitriles is 1. The number of para-hydroxylation sites is 1. The number of carbonyl (C=O) groups excluding carboxylic acids is 2. The molecular formula is C23H19N3O4. The lowest BCUT2D eigenvalue weighted by Crippen LogP contribution is -2.19. The average Bonchev–Trinajstić information content (AvgIpc) is 2.78. The van der Waals surface area contributed by atoms with E-state index in [4.69, 9.17) is 14.7 Å². The molecule has 0 bridgehead atoms. The summed E-state index contributed by atoms with van der Waals surface area (Å²) in [5.74, 6) is -0.291. The first kappa shape index (κ1) is 20.4. The Bertz CT molecular complexity index is 1090. The van der Waals surface area contributed by atoms with E-state index in [1.807, 2.05) is 24.3 Å². The minimum Gasteiger partial charge on any atom is -0.488 e. The van der Waals surface area contributed by atoms with Gasteiger partial charge in [-0.05, 0) is 48.0 Å². The van der Waals surface area contributed by atoms with E-state index in [1.165, 1.54) is 13.2 Å². The molecule has 0 aliphatic rings. The molecule has 0 saturated carbocycles. The summed E-state index contributed by atoms with van der Waals surface area (Å²) < 4.78 is 10.6. The van der Waals surface area contributed by atoms with Crippen molar-refractivity contribution in [2.75, 3.05) is 17.7 Å². The highest BCUT2D eigenvalue weighted by Gasteiger charge is 2.15. The predicted molar refractivity (Wildman–Crippen MR) is 112 cm³/mol. The Hall–Kier alpha value is -4.31. The van der Waals surface area contributed by atoms with E-state index < -0.39 is 12.0 Å². The van der Waals surface area contributed by atoms with Crippen LogP contribution < -0.4 is 15.4 Å². The van der Waals surface area contributed by atoms with Crippen LogP contribution in [0.15, 0.2) is 72.8 Å². The molecule has 7 nitrogen and oxygen atoms in total. The van der Waals surface area contributed by atoms with E-state index in [9.17, 15) is 9.59 Å². The smallest absolute Gasteiger partial charge is 0.341 e. The number of hydrogen-bond acceptors (Lipinski definition) is 5. The van der Waals surface area contributed by atoms with Crippen molar-refractivity contribution in [1.29, 1.82) is 5.26 Å². The first-order valence-corrected chi connectivity index (χ1v) is 9.06. The number of benzene rings is 3. The Morgan fingerprint density at radius 3 is 2.43 bits per heavy atom. The Morgan fingerprint density at radius 2 is 1.70 bits per heavy atom. The lowest BCUT2D eigenvalue weighted by Gasteiger charge is -2.13. The van der Waals surface area contributed by atoms with Crippen LogP contribution in [-0.2, 0) is 11.3 Å². The summed E-state index contributed by atoms with van der Waals surface area (Å²) in [5.41, 5.74) is 2.53. The van der Waals surface area contributed by atoms with Gasteiger partial charge in [-0.2, -0.15) is 5.26 Å². The highest BCUT2D eigenvalue weighted by Crippen LogP contribution is 2.25. The van der Waals surface area contributed by atoms with Gasteiger partial charge in [0.1, 0.15) is 17.9 Å². The number of carbonyl (C=O) groups is 2. The molecule has 0 fully saturated rings. The average molecular weight is 401 g/mol. The lowest BCUT2D eigenvalue weighted by molar-refractivity contribution is 0.0595. The van der Waals surface area contributed by atoms with Crippen molar-refractivity contribution in [2.24, 2.45) is 0 Å². The van der Waals surface area contributed by atoms with Crippen molar-refractivity contribution >= 4 is 23.4 Å². The lowest BCUT2D eigenvalue weighted by atomic mass is 10.1. The third-order valence-electron chi connectivity index (χ3n) is 4.12. The van der Waals surface area contributed by atoms with Crippen LogP contribution in [0.5, 0.6) is 5.75 Å². The molecule has 0 atom stereocenters. The van der Waals surface area contributed by atoms with E-state index in [0.29, 0.717) is 22.7 Å². The second-order valence-electron chi connectivity index (χ2n) is 6.25. The second-order valence-corrected chi connectivity index (χ2v) is 6.25. The molecule has 0 saturated heterocycles. The molecule has 30 heavy (non-hydrogen) atoms. The molecule has 3 aromatic rings. The van der Waals surface area contributed by atoms with Crippen molar-refractivity contribution in [3.05, 3.63) is 89.5 Å². The van der Waals surface area contributed by atoms with Crippen LogP contribution in [0.3, 0.4) is 0 Å². The van der Waals surface area contributed by atoms with Crippen molar-refractivity contribution in [1.82, 2.24) is 0 Å². The number of rotatable bonds is 6. The van der Waals surface area contributed by atoms with Gasteiger partial charge in [0.05, 0.1) is 18.7 Å². The fourth-order valence-electron chi connectivity index (χ4n) is 2.71. The maximum Gasteiger partial charge on any atom is 0.341 e. The SMILES string of the molecule is COC(=O)c1cc(NC(=O)Nc2ccccc2)ccc1OCc1cccc(C#N)c1. The summed E-state index contributed by atoms with van der Waals surface area (Å²) in [7, 11) is 1.27. The van der Waals surface area contributed by atoms with E-state index in [1.54, 1.807) is 42.5 Å². The number of amides is 2. The maximum atomic E-state index is 12.2. The summed E-state index contributed by atoms with van der Waals surface area (Å²) >= 11 is 0. The van der Waals surface area contributed by atoms with Gasteiger partial charge in [0.15, 0.2) is 0 Å². The fraction of sp³-hybridized carbons (Fsp3) is 0.0870. The molecule has 0 aromatic heterocycles. The first-order chi connectivity index (χ1) is 14.6. The number of methoxy groups -OCH3 is 1. The molecule has 0 spiro atoms. The number of esters is 1. The van der Waals surface area contributed by atoms with Crippen LogP contribution in [0, 0.1) is 11.3 Å². The van der Waals surface area contributed by atoms with E-state index in [0.717, 1.165) is 5.56 Å². The zero-order valence-corrected chi connectivity index (χ0v) is 16.2. The highest BCUT2D eigenvalue weighted by molar-refractivity contribution is 6.01. The van der Waals surface area contributed by atoms with Crippen LogP contribution in [0.2, 0.25) is 0 Å². The van der Waals surface area contributed by atoms with E-state index in [2.05, 4.69) is 16.7 Å². The largest absolute Gasteiger partial charge is 0.488 e. The molecule has 150 valence electrons. The minimum atomic E-state index is -0.595. The van der Waals surface area contributed by atoms with Gasteiger partial charge in [0.25, 0.3) is 0 Å². The Morgan fingerprint density at radius 1 is 0.933 bits per heavy atom. The topological polar surface area (TPSA) is 100 Å². The normalized spacial score (nSPS) is 9.87. The molecule has 7 heteroatoms. The number of hydrogen-bond donors (Lipinski definition) is 2. The predicted octanol–water partition coefficient (Wildman–Crippen LogP) is 4.57. The van der Waals surface area contributed by atoms with Gasteiger partial charge in [-0.3, -0.25) is 0 Å². The van der Waals surface area contributed by atoms with Crippen molar-refractivity contribution < 1.29 is 19.1 Å². The van der Waals surface area contributed by atoms with Gasteiger partial charge in [-0.1, -0.05) is 30.3 Å². The molecule has 0 unspecified atom stereocenters. The van der Waals surface area contributed by atoms with Crippen molar-refractivity contribution in [3.8, 4) is 11.8 Å². The first-order valence-electron chi connectivity index (χ1n) is 9.06. The van der Waals surface area contributed by atoms with Crippen LogP contribution in [0.25, 0.3) is 0 Å². The van der Waals surface area contributed by atoms with Crippen LogP contribution >= 0.6 is 0 Å². The Balaban J connectivity index is 1.73. The Labute approximate surface area is 173 Å². The summed E-state index contributed by atoms with van der Waals surface area (Å²) in [4.78, 5) is 24.4. The van der Waals surface area contributed by atoms with Gasteiger partial charge in [0.2, 0.25) is 0 Å². The Kier molecular flexibility index (Phi) is 6.64. The molecular weight excluding hydrogens is 382 g/mol. The monoisotopic (exact) mass is 401 g/mol. The quantitative estimate of drug-likeness (QED) is 0.590. The number of anilines is 2. The third kappa shape index (κ3) is 5.36. The minimum absolute atomic E-state index is 0.167. The number of nitrogens with one attached hydrogen (secondary N) is 2. The fourth-order valence-corrected chi connectivity index (χ4v) is 2.71. The number of ether oxygens (including phenoxy) is 2. The van der Waals surface area contributed by atoms with Crippen LogP contribution in [-0.4, -0.2) is 19.1 Å². The van der Waals surface area contributed by atoms with Crippen molar-refractivity contribution in [2.45, 2.75) is 6.61 Å². The molecule has 3 rings (SSSR count). The summed E-state index contributed by atoms with van der Waals surface area (Å²) in [6.45, 7) is 0.167. The van der Waals surface area contributed by atoms with Crippen molar-refractivity contribution in [3.63, 3.8) is 0 Å². The molecule has 0 aliphatic carbocycles. The highest BCUT2D eigenvalue weighted by atomic mass is 16.5. The van der Waals surface area contributed by atoms with Gasteiger partial charge >= 0.3 is 12.0 Å². The molecule has 2 amide bonds. The van der Waals surface area contributed by atoms with Gasteiger partial charge in [0, 0.05) is 11.4 Å². The number of urea groups is 1. The van der Waals surface area contributed by atoms with Gasteiger partial charge in [-0.25, -0.2) is 9.59 Å². The van der Waals surface area contributed by atoms with Gasteiger partial charge in [-0.15, -0.1) is 0 Å². The van der Waals surface area contributed by atoms with Crippen LogP contribution in [0.4, 0.5) is 16.2 Å². The summed E-state index contributed by atoms with van der Waals surface area (Å²) in [6, 6.07) is 22.3. The maximum absolute atomic E-state index is 12.2. The molecule has 0 aliphatic heterocycles. The summed E-state index contributed by atoms with van der Waals surface area (Å²) in [5, 5.41) is 14.4. The number of nitrogens with zero attached hydrogens (tertiary/aromatic N) is 1. The standard InChI is InChI=1S/C23H19N3O4/c1-29-22(27)20-13-19(26-23(28)25-18-8-3-2-4-9-18)10-11-21(20)30-15-17-7-5-6-16(12-17)14-24/h2-13H,15H2,1H3,(H2,25,26,28). The third-order valence-corrected chi connectivity index (χ3v) is 4.12. The van der Waals surface area contributed by atoms with E-state index >= 15 is 0 Å². The zero-order valence-electron chi connectivity index (χ0n) is 16.2. The molecule has 0 radical (unpaired) electrons. The van der Waals surface area contributed by atoms with Gasteiger partial charge < -0.3 is 20.1 Å².